The van der Waals surface area contributed by atoms with Crippen molar-refractivity contribution in [3.8, 4) is 11.3 Å². The van der Waals surface area contributed by atoms with Crippen molar-refractivity contribution in [2.24, 2.45) is 0 Å². The van der Waals surface area contributed by atoms with Gasteiger partial charge >= 0.3 is 0 Å². The van der Waals surface area contributed by atoms with Crippen LogP contribution in [0.5, 0.6) is 0 Å². The van der Waals surface area contributed by atoms with Crippen LogP contribution in [0.1, 0.15) is 24.8 Å². The van der Waals surface area contributed by atoms with Crippen LogP contribution in [0, 0.1) is 0 Å². The average Bonchev–Trinajstić information content (AvgIpc) is 3.46. The molecule has 1 amide bonds. The van der Waals surface area contributed by atoms with Gasteiger partial charge in [-0.2, -0.15) is 4.31 Å². The summed E-state index contributed by atoms with van der Waals surface area (Å²) in [5.74, 6) is -0.246. The largest absolute Gasteiger partial charge is 0.345 e. The second kappa shape index (κ2) is 9.05. The van der Waals surface area contributed by atoms with E-state index in [4.69, 9.17) is 0 Å². The normalized spacial score (nSPS) is 15.0. The number of rotatable bonds is 6. The van der Waals surface area contributed by atoms with Crippen LogP contribution in [0.2, 0.25) is 0 Å². The van der Waals surface area contributed by atoms with Crippen molar-refractivity contribution in [2.75, 3.05) is 18.4 Å². The predicted molar refractivity (Wildman–Crippen MR) is 129 cm³/mol. The van der Waals surface area contributed by atoms with Crippen molar-refractivity contribution in [3.05, 3.63) is 59.7 Å². The zero-order valence-corrected chi connectivity index (χ0v) is 19.5. The summed E-state index contributed by atoms with van der Waals surface area (Å²) in [6, 6.07) is 10.5. The smallest absolute Gasteiger partial charge is 0.243 e. The summed E-state index contributed by atoms with van der Waals surface area (Å²) in [5.41, 5.74) is 3.10. The van der Waals surface area contributed by atoms with E-state index in [1.165, 1.54) is 15.6 Å². The molecule has 0 aliphatic carbocycles. The number of nitrogens with one attached hydrogen (secondary N) is 2. The number of hydrogen-bond donors (Lipinski definition) is 2. The first-order valence-corrected chi connectivity index (χ1v) is 13.1. The number of sulfonamides is 1. The molecule has 4 heterocycles. The number of pyridine rings is 1. The minimum atomic E-state index is -3.54. The maximum absolute atomic E-state index is 12.9. The van der Waals surface area contributed by atoms with Crippen LogP contribution in [0.25, 0.3) is 22.3 Å². The molecule has 0 bridgehead atoms. The Morgan fingerprint density at radius 2 is 2.00 bits per heavy atom. The minimum Gasteiger partial charge on any atom is -0.345 e. The highest BCUT2D eigenvalue weighted by molar-refractivity contribution is 7.89. The molecule has 170 valence electrons. The lowest BCUT2D eigenvalue weighted by atomic mass is 10.1. The van der Waals surface area contributed by atoms with Crippen LogP contribution in [-0.2, 0) is 21.2 Å². The highest BCUT2D eigenvalue weighted by Crippen LogP contribution is 2.30. The second-order valence-electron chi connectivity index (χ2n) is 7.98. The Hall–Kier alpha value is -3.08. The number of piperidine rings is 1. The van der Waals surface area contributed by atoms with Crippen molar-refractivity contribution < 1.29 is 13.2 Å². The Balaban J connectivity index is 1.28. The van der Waals surface area contributed by atoms with E-state index in [0.29, 0.717) is 23.8 Å². The Bertz CT molecular complexity index is 1400. The molecule has 4 aromatic rings. The van der Waals surface area contributed by atoms with Crippen molar-refractivity contribution in [1.29, 1.82) is 0 Å². The quantitative estimate of drug-likeness (QED) is 0.432. The number of aromatic amines is 1. The van der Waals surface area contributed by atoms with Crippen LogP contribution in [0.15, 0.2) is 59.1 Å². The Kier molecular flexibility index (Phi) is 5.96. The molecule has 1 aromatic carbocycles. The molecule has 1 saturated heterocycles. The van der Waals surface area contributed by atoms with Gasteiger partial charge in [-0.05, 0) is 42.7 Å². The predicted octanol–water partition coefficient (Wildman–Crippen LogP) is 4.04. The molecule has 5 rings (SSSR count). The number of amides is 1. The van der Waals surface area contributed by atoms with Gasteiger partial charge in [-0.25, -0.2) is 18.4 Å². The maximum atomic E-state index is 12.9. The van der Waals surface area contributed by atoms with Gasteiger partial charge in [0.2, 0.25) is 15.9 Å². The molecule has 3 aromatic heterocycles. The number of thiazole rings is 1. The molecular formula is C23H23N5O3S2. The van der Waals surface area contributed by atoms with E-state index in [-0.39, 0.29) is 17.2 Å². The fourth-order valence-corrected chi connectivity index (χ4v) is 6.36. The fourth-order valence-electron chi connectivity index (χ4n) is 4.04. The summed E-state index contributed by atoms with van der Waals surface area (Å²) in [4.78, 5) is 24.8. The van der Waals surface area contributed by atoms with Gasteiger partial charge in [0.1, 0.15) is 5.65 Å². The van der Waals surface area contributed by atoms with Gasteiger partial charge in [-0.3, -0.25) is 4.79 Å². The van der Waals surface area contributed by atoms with Crippen LogP contribution in [-0.4, -0.2) is 46.7 Å². The molecule has 8 nitrogen and oxygen atoms in total. The molecular weight excluding hydrogens is 458 g/mol. The number of anilines is 1. The summed E-state index contributed by atoms with van der Waals surface area (Å²) >= 11 is 1.34. The number of carbonyl (C=O) groups is 1. The fraction of sp³-hybridized carbons (Fsp3) is 0.261. The number of carbonyl (C=O) groups excluding carboxylic acids is 1. The lowest BCUT2D eigenvalue weighted by molar-refractivity contribution is -0.115. The number of nitrogens with zero attached hydrogens (tertiary/aromatic N) is 3. The van der Waals surface area contributed by atoms with E-state index in [1.54, 1.807) is 30.5 Å². The van der Waals surface area contributed by atoms with Crippen molar-refractivity contribution in [2.45, 2.75) is 30.6 Å². The van der Waals surface area contributed by atoms with Crippen LogP contribution in [0.4, 0.5) is 5.13 Å². The van der Waals surface area contributed by atoms with Crippen LogP contribution in [0.3, 0.4) is 0 Å². The molecule has 0 saturated carbocycles. The van der Waals surface area contributed by atoms with Crippen molar-refractivity contribution in [3.63, 3.8) is 0 Å². The van der Waals surface area contributed by atoms with Gasteiger partial charge in [-0.1, -0.05) is 18.6 Å². The van der Waals surface area contributed by atoms with Crippen molar-refractivity contribution in [1.82, 2.24) is 19.3 Å². The van der Waals surface area contributed by atoms with Gasteiger partial charge in [0.25, 0.3) is 0 Å². The van der Waals surface area contributed by atoms with Crippen molar-refractivity contribution >= 4 is 43.4 Å². The summed E-state index contributed by atoms with van der Waals surface area (Å²) < 4.78 is 27.4. The highest BCUT2D eigenvalue weighted by atomic mass is 32.2. The lowest BCUT2D eigenvalue weighted by Crippen LogP contribution is -2.35. The summed E-state index contributed by atoms with van der Waals surface area (Å²) in [6.45, 7) is 1.10. The molecule has 0 atom stereocenters. The SMILES string of the molecule is O=C(Cc1cccc(S(=O)(=O)N2CCCCC2)c1)Nc1nc(-c2c[nH]c3ncccc23)cs1. The topological polar surface area (TPSA) is 108 Å². The molecule has 1 aliphatic heterocycles. The van der Waals surface area contributed by atoms with Gasteiger partial charge in [0.15, 0.2) is 5.13 Å². The minimum absolute atomic E-state index is 0.0648. The van der Waals surface area contributed by atoms with Gasteiger partial charge in [0.05, 0.1) is 17.0 Å². The average molecular weight is 482 g/mol. The number of benzene rings is 1. The molecule has 0 radical (unpaired) electrons. The lowest BCUT2D eigenvalue weighted by Gasteiger charge is -2.26. The zero-order valence-electron chi connectivity index (χ0n) is 17.8. The molecule has 2 N–H and O–H groups in total. The van der Waals surface area contributed by atoms with E-state index < -0.39 is 10.0 Å². The molecule has 10 heteroatoms. The van der Waals surface area contributed by atoms with Gasteiger partial charge in [0, 0.05) is 41.8 Å². The van der Waals surface area contributed by atoms with E-state index in [0.717, 1.165) is 41.6 Å². The number of fused-ring (bicyclic) bond motifs is 1. The van der Waals surface area contributed by atoms with Crippen LogP contribution < -0.4 is 5.32 Å². The Morgan fingerprint density at radius 3 is 2.85 bits per heavy atom. The molecule has 0 unspecified atom stereocenters. The first-order chi connectivity index (χ1) is 16.0. The first-order valence-electron chi connectivity index (χ1n) is 10.8. The van der Waals surface area contributed by atoms with E-state index >= 15 is 0 Å². The van der Waals surface area contributed by atoms with Gasteiger partial charge < -0.3 is 10.3 Å². The molecule has 1 fully saturated rings. The number of aromatic nitrogens is 3. The van der Waals surface area contributed by atoms with E-state index in [2.05, 4.69) is 20.3 Å². The summed E-state index contributed by atoms with van der Waals surface area (Å²) in [6.07, 6.45) is 6.46. The third-order valence-electron chi connectivity index (χ3n) is 5.69. The summed E-state index contributed by atoms with van der Waals surface area (Å²) in [7, 11) is -3.54. The van der Waals surface area contributed by atoms with E-state index in [9.17, 15) is 13.2 Å². The third-order valence-corrected chi connectivity index (χ3v) is 8.35. The monoisotopic (exact) mass is 481 g/mol. The summed E-state index contributed by atoms with van der Waals surface area (Å²) in [5, 5.41) is 6.17. The number of H-pyrrole nitrogens is 1. The maximum Gasteiger partial charge on any atom is 0.243 e. The van der Waals surface area contributed by atoms with Gasteiger partial charge in [-0.15, -0.1) is 11.3 Å². The standard InChI is InChI=1S/C23H23N5O3S2/c29-21(13-16-6-4-7-17(12-16)33(30,31)28-10-2-1-3-11-28)27-23-26-20(15-32-23)19-14-25-22-18(19)8-5-9-24-22/h4-9,12,14-15H,1-3,10-11,13H2,(H,24,25)(H,26,27,29). The van der Waals surface area contributed by atoms with Crippen LogP contribution >= 0.6 is 11.3 Å². The molecule has 1 aliphatic rings. The highest BCUT2D eigenvalue weighted by Gasteiger charge is 2.26. The molecule has 33 heavy (non-hydrogen) atoms. The molecule has 0 spiro atoms. The number of hydrogen-bond acceptors (Lipinski definition) is 6. The zero-order chi connectivity index (χ0) is 22.8. The third kappa shape index (κ3) is 4.54. The second-order valence-corrected chi connectivity index (χ2v) is 10.8. The first kappa shape index (κ1) is 21.7. The Morgan fingerprint density at radius 1 is 1.15 bits per heavy atom. The van der Waals surface area contributed by atoms with E-state index in [1.807, 2.05) is 23.7 Å². The Labute approximate surface area is 195 Å².